The maximum Gasteiger partial charge on any atom is 0.327 e. The SMILES string of the molecule is O=C(O)[C@H]1CS[C@H](C2CCCCC2)N1C(=O)c1ccc(Cl)cc1. The second-order valence-electron chi connectivity index (χ2n) is 6.20. The second-order valence-corrected chi connectivity index (χ2v) is 7.78. The molecule has 1 aliphatic carbocycles. The van der Waals surface area contributed by atoms with Gasteiger partial charge in [0.1, 0.15) is 6.04 Å². The summed E-state index contributed by atoms with van der Waals surface area (Å²) in [5.74, 6) is -0.252. The summed E-state index contributed by atoms with van der Waals surface area (Å²) in [6.07, 6.45) is 5.73. The molecule has 1 aliphatic heterocycles. The van der Waals surface area contributed by atoms with Crippen LogP contribution in [0.15, 0.2) is 24.3 Å². The summed E-state index contributed by atoms with van der Waals surface area (Å²) in [6, 6.07) is 5.94. The number of thioether (sulfide) groups is 1. The minimum Gasteiger partial charge on any atom is -0.480 e. The van der Waals surface area contributed by atoms with Crippen LogP contribution in [0.2, 0.25) is 5.02 Å². The number of aliphatic carboxylic acids is 1. The summed E-state index contributed by atoms with van der Waals surface area (Å²) in [7, 11) is 0. The molecule has 1 N–H and O–H groups in total. The van der Waals surface area contributed by atoms with Crippen molar-refractivity contribution in [3.63, 3.8) is 0 Å². The Bertz CT molecular complexity index is 586. The summed E-state index contributed by atoms with van der Waals surface area (Å²) in [6.45, 7) is 0. The predicted molar refractivity (Wildman–Crippen MR) is 91.9 cm³/mol. The Morgan fingerprint density at radius 3 is 2.39 bits per heavy atom. The number of hydrogen-bond acceptors (Lipinski definition) is 3. The summed E-state index contributed by atoms with van der Waals surface area (Å²) in [5.41, 5.74) is 0.504. The Morgan fingerprint density at radius 1 is 1.13 bits per heavy atom. The molecule has 1 aromatic rings. The van der Waals surface area contributed by atoms with Gasteiger partial charge in [0.05, 0.1) is 5.37 Å². The number of hydrogen-bond donors (Lipinski definition) is 1. The largest absolute Gasteiger partial charge is 0.480 e. The Balaban J connectivity index is 1.87. The average Bonchev–Trinajstić information content (AvgIpc) is 3.01. The van der Waals surface area contributed by atoms with Gasteiger partial charge in [0.25, 0.3) is 5.91 Å². The number of benzene rings is 1. The molecule has 2 atom stereocenters. The first kappa shape index (κ1) is 16.7. The molecule has 3 rings (SSSR count). The molecule has 124 valence electrons. The van der Waals surface area contributed by atoms with Gasteiger partial charge in [-0.15, -0.1) is 11.8 Å². The fourth-order valence-electron chi connectivity index (χ4n) is 3.50. The minimum absolute atomic E-state index is 0.0282. The average molecular weight is 354 g/mol. The first-order valence-electron chi connectivity index (χ1n) is 8.00. The van der Waals surface area contributed by atoms with Gasteiger partial charge < -0.3 is 10.0 Å². The van der Waals surface area contributed by atoms with E-state index in [1.165, 1.54) is 19.3 Å². The fraction of sp³-hybridized carbons (Fsp3) is 0.529. The van der Waals surface area contributed by atoms with E-state index in [1.807, 2.05) is 0 Å². The fourth-order valence-corrected chi connectivity index (χ4v) is 5.26. The summed E-state index contributed by atoms with van der Waals surface area (Å²) in [5, 5.41) is 10.0. The van der Waals surface area contributed by atoms with Crippen LogP contribution in [0, 0.1) is 5.92 Å². The zero-order valence-corrected chi connectivity index (χ0v) is 14.4. The third-order valence-corrected chi connectivity index (χ3v) is 6.41. The zero-order chi connectivity index (χ0) is 16.4. The Kier molecular flexibility index (Phi) is 5.17. The first-order chi connectivity index (χ1) is 11.1. The molecule has 1 heterocycles. The van der Waals surface area contributed by atoms with E-state index in [0.717, 1.165) is 12.8 Å². The number of halogens is 1. The highest BCUT2D eigenvalue weighted by Gasteiger charge is 2.45. The molecule has 0 bridgehead atoms. The molecule has 1 saturated carbocycles. The molecule has 4 nitrogen and oxygen atoms in total. The van der Waals surface area contributed by atoms with Gasteiger partial charge in [-0.25, -0.2) is 4.79 Å². The molecule has 2 aliphatic rings. The van der Waals surface area contributed by atoms with E-state index < -0.39 is 12.0 Å². The second kappa shape index (κ2) is 7.14. The molecular formula is C17H20ClNO3S. The van der Waals surface area contributed by atoms with Crippen LogP contribution in [0.25, 0.3) is 0 Å². The number of carbonyl (C=O) groups excluding carboxylic acids is 1. The zero-order valence-electron chi connectivity index (χ0n) is 12.8. The molecule has 0 aromatic heterocycles. The minimum atomic E-state index is -0.918. The highest BCUT2D eigenvalue weighted by Crippen LogP contribution is 2.41. The Hall–Kier alpha value is -1.20. The van der Waals surface area contributed by atoms with Crippen LogP contribution in [0.5, 0.6) is 0 Å². The van der Waals surface area contributed by atoms with Gasteiger partial charge in [-0.2, -0.15) is 0 Å². The van der Waals surface area contributed by atoms with E-state index in [2.05, 4.69) is 0 Å². The molecule has 2 fully saturated rings. The lowest BCUT2D eigenvalue weighted by Gasteiger charge is -2.34. The van der Waals surface area contributed by atoms with Crippen LogP contribution in [-0.4, -0.2) is 39.1 Å². The van der Waals surface area contributed by atoms with Crippen molar-refractivity contribution in [2.45, 2.75) is 43.5 Å². The lowest BCUT2D eigenvalue weighted by Crippen LogP contribution is -2.48. The van der Waals surface area contributed by atoms with E-state index in [0.29, 0.717) is 22.3 Å². The number of rotatable bonds is 3. The van der Waals surface area contributed by atoms with E-state index in [9.17, 15) is 14.7 Å². The maximum atomic E-state index is 12.9. The van der Waals surface area contributed by atoms with Gasteiger partial charge in [0, 0.05) is 16.3 Å². The smallest absolute Gasteiger partial charge is 0.327 e. The van der Waals surface area contributed by atoms with E-state index in [4.69, 9.17) is 11.6 Å². The van der Waals surface area contributed by atoms with E-state index in [1.54, 1.807) is 40.9 Å². The predicted octanol–water partition coefficient (Wildman–Crippen LogP) is 3.89. The number of amides is 1. The number of carboxylic acids is 1. The van der Waals surface area contributed by atoms with Gasteiger partial charge in [-0.1, -0.05) is 30.9 Å². The number of carbonyl (C=O) groups is 2. The standard InChI is InChI=1S/C17H20ClNO3S/c18-13-8-6-11(7-9-13)15(20)19-14(17(21)22)10-23-16(19)12-4-2-1-3-5-12/h6-9,12,14,16H,1-5,10H2,(H,21,22)/t14-,16-/m1/s1. The molecule has 1 amide bonds. The normalized spacial score (nSPS) is 25.5. The Morgan fingerprint density at radius 2 is 1.78 bits per heavy atom. The van der Waals surface area contributed by atoms with Gasteiger partial charge in [0.2, 0.25) is 0 Å². The molecule has 0 radical (unpaired) electrons. The van der Waals surface area contributed by atoms with Crippen LogP contribution in [0.3, 0.4) is 0 Å². The summed E-state index contributed by atoms with van der Waals surface area (Å²) < 4.78 is 0. The highest BCUT2D eigenvalue weighted by molar-refractivity contribution is 8.00. The van der Waals surface area contributed by atoms with Crippen molar-refractivity contribution in [1.82, 2.24) is 4.90 Å². The highest BCUT2D eigenvalue weighted by atomic mass is 35.5. The molecular weight excluding hydrogens is 334 g/mol. The Labute approximate surface area is 145 Å². The summed E-state index contributed by atoms with van der Waals surface area (Å²) >= 11 is 7.50. The quantitative estimate of drug-likeness (QED) is 0.895. The van der Waals surface area contributed by atoms with Crippen LogP contribution in [-0.2, 0) is 4.79 Å². The van der Waals surface area contributed by atoms with Gasteiger partial charge in [0.15, 0.2) is 0 Å². The van der Waals surface area contributed by atoms with E-state index in [-0.39, 0.29) is 11.3 Å². The number of nitrogens with zero attached hydrogens (tertiary/aromatic N) is 1. The van der Waals surface area contributed by atoms with Crippen LogP contribution >= 0.6 is 23.4 Å². The molecule has 0 spiro atoms. The van der Waals surface area contributed by atoms with Crippen molar-refractivity contribution in [1.29, 1.82) is 0 Å². The van der Waals surface area contributed by atoms with E-state index >= 15 is 0 Å². The van der Waals surface area contributed by atoms with Crippen LogP contribution in [0.1, 0.15) is 42.5 Å². The van der Waals surface area contributed by atoms with Gasteiger partial charge in [-0.3, -0.25) is 4.79 Å². The van der Waals surface area contributed by atoms with Crippen molar-refractivity contribution >= 4 is 35.2 Å². The molecule has 0 unspecified atom stereocenters. The molecule has 1 aromatic carbocycles. The monoisotopic (exact) mass is 353 g/mol. The third kappa shape index (κ3) is 3.50. The molecule has 1 saturated heterocycles. The van der Waals surface area contributed by atoms with Crippen molar-refractivity contribution < 1.29 is 14.7 Å². The topological polar surface area (TPSA) is 57.6 Å². The van der Waals surface area contributed by atoms with Crippen molar-refractivity contribution in [2.75, 3.05) is 5.75 Å². The lowest BCUT2D eigenvalue weighted by atomic mass is 9.88. The first-order valence-corrected chi connectivity index (χ1v) is 9.43. The van der Waals surface area contributed by atoms with Gasteiger partial charge >= 0.3 is 5.97 Å². The van der Waals surface area contributed by atoms with Crippen molar-refractivity contribution in [2.24, 2.45) is 5.92 Å². The molecule has 6 heteroatoms. The summed E-state index contributed by atoms with van der Waals surface area (Å²) in [4.78, 5) is 26.1. The third-order valence-electron chi connectivity index (χ3n) is 4.70. The van der Waals surface area contributed by atoms with Crippen LogP contribution in [0.4, 0.5) is 0 Å². The molecule has 23 heavy (non-hydrogen) atoms. The van der Waals surface area contributed by atoms with Crippen molar-refractivity contribution in [3.8, 4) is 0 Å². The lowest BCUT2D eigenvalue weighted by molar-refractivity contribution is -0.141. The van der Waals surface area contributed by atoms with Crippen molar-refractivity contribution in [3.05, 3.63) is 34.9 Å². The van der Waals surface area contributed by atoms with Gasteiger partial charge in [-0.05, 0) is 43.0 Å². The number of carboxylic acid groups (broad SMARTS) is 1. The van der Waals surface area contributed by atoms with Crippen LogP contribution < -0.4 is 0 Å². The maximum absolute atomic E-state index is 12.9.